The van der Waals surface area contributed by atoms with Crippen molar-refractivity contribution in [2.24, 2.45) is 35.5 Å². The van der Waals surface area contributed by atoms with Crippen LogP contribution in [0.15, 0.2) is 0 Å². The molecular formula is C24H41NO7S. The average Bonchev–Trinajstić information content (AvgIpc) is 3.28. The molecule has 8 nitrogen and oxygen atoms in total. The molecule has 0 amide bonds. The van der Waals surface area contributed by atoms with Crippen LogP contribution in [-0.2, 0) is 33.4 Å². The van der Waals surface area contributed by atoms with Crippen molar-refractivity contribution < 1.29 is 31.7 Å². The Bertz CT molecular complexity index is 761. The second kappa shape index (κ2) is 14.6. The molecule has 6 unspecified atom stereocenters. The molecule has 0 bridgehead atoms. The number of hydrogen-bond acceptors (Lipinski definition) is 8. The fraction of sp³-hybridized carbons (Fsp3) is 0.875. The molecule has 2 aliphatic carbocycles. The minimum absolute atomic E-state index is 0.0480. The lowest BCUT2D eigenvalue weighted by molar-refractivity contribution is -0.150. The minimum Gasteiger partial charge on any atom is -0.466 e. The number of carbonyl (C=O) groups excluding carboxylic acids is 2. The third-order valence-electron chi connectivity index (χ3n) is 6.63. The summed E-state index contributed by atoms with van der Waals surface area (Å²) in [4.78, 5) is 23.3. The molecule has 0 aromatic rings. The Kier molecular flexibility index (Phi) is 13.0. The zero-order chi connectivity index (χ0) is 25.0. The summed E-state index contributed by atoms with van der Waals surface area (Å²) in [5.41, 5.74) is 0. The second-order valence-corrected chi connectivity index (χ2v) is 11.0. The Labute approximate surface area is 199 Å². The van der Waals surface area contributed by atoms with Gasteiger partial charge in [0.25, 0.3) is 10.1 Å². The third-order valence-corrected chi connectivity index (χ3v) is 7.22. The van der Waals surface area contributed by atoms with Crippen molar-refractivity contribution in [3.05, 3.63) is 0 Å². The molecule has 0 aliphatic heterocycles. The van der Waals surface area contributed by atoms with E-state index < -0.39 is 10.1 Å². The van der Waals surface area contributed by atoms with E-state index >= 15 is 0 Å². The molecule has 2 rings (SSSR count). The lowest BCUT2D eigenvalue weighted by Crippen LogP contribution is -2.19. The van der Waals surface area contributed by atoms with E-state index in [9.17, 15) is 18.0 Å². The van der Waals surface area contributed by atoms with Crippen molar-refractivity contribution >= 4 is 22.1 Å². The first-order chi connectivity index (χ1) is 15.5. The molecule has 0 heterocycles. The summed E-state index contributed by atoms with van der Waals surface area (Å²) in [6, 6.07) is 2.16. The average molecular weight is 488 g/mol. The Morgan fingerprint density at radius 2 is 1.33 bits per heavy atom. The van der Waals surface area contributed by atoms with Gasteiger partial charge in [-0.2, -0.15) is 13.7 Å². The fourth-order valence-electron chi connectivity index (χ4n) is 5.02. The van der Waals surface area contributed by atoms with E-state index in [1.807, 2.05) is 13.8 Å². The molecule has 0 radical (unpaired) electrons. The molecule has 33 heavy (non-hydrogen) atoms. The first-order valence-corrected chi connectivity index (χ1v) is 13.9. The van der Waals surface area contributed by atoms with E-state index in [1.165, 1.54) is 0 Å². The number of nitriles is 1. The first kappa shape index (κ1) is 29.4. The van der Waals surface area contributed by atoms with E-state index in [1.54, 1.807) is 6.92 Å². The standard InChI is InChI=1S/C12H19NO2.C12H22O5S/c1-3-15-12(14)11-8-10(5-4-6-13)7-9(11)2;1-4-16-12(13)11-8-10(7-9(11)2)5-6-17-18(3,14)15/h9-11H,3-5,7-8H2,1-2H3;9-11H,4-8H2,1-3H3. The van der Waals surface area contributed by atoms with E-state index in [0.29, 0.717) is 49.7 Å². The predicted octanol–water partition coefficient (Wildman–Crippen LogP) is 4.09. The monoisotopic (exact) mass is 487 g/mol. The number of ether oxygens (including phenoxy) is 2. The van der Waals surface area contributed by atoms with E-state index in [2.05, 4.69) is 13.0 Å². The highest BCUT2D eigenvalue weighted by atomic mass is 32.2. The van der Waals surface area contributed by atoms with Gasteiger partial charge in [0.2, 0.25) is 0 Å². The van der Waals surface area contributed by atoms with Gasteiger partial charge in [0.05, 0.1) is 44.0 Å². The van der Waals surface area contributed by atoms with Crippen LogP contribution in [0.4, 0.5) is 0 Å². The summed E-state index contributed by atoms with van der Waals surface area (Å²) in [5, 5.41) is 8.51. The van der Waals surface area contributed by atoms with Gasteiger partial charge in [-0.05, 0) is 76.0 Å². The van der Waals surface area contributed by atoms with Gasteiger partial charge in [-0.25, -0.2) is 0 Å². The van der Waals surface area contributed by atoms with E-state index in [4.69, 9.17) is 18.9 Å². The SMILES string of the molecule is CCOC(=O)C1CC(CCC#N)CC1C.CCOC(=O)C1CC(CCOS(C)(=O)=O)CC1C. The summed E-state index contributed by atoms with van der Waals surface area (Å²) in [5.74, 6) is 1.42. The van der Waals surface area contributed by atoms with Crippen molar-refractivity contribution in [3.8, 4) is 6.07 Å². The summed E-state index contributed by atoms with van der Waals surface area (Å²) in [6.07, 6.45) is 6.92. The molecule has 9 heteroatoms. The van der Waals surface area contributed by atoms with Crippen LogP contribution >= 0.6 is 0 Å². The van der Waals surface area contributed by atoms with Crippen molar-refractivity contribution in [3.63, 3.8) is 0 Å². The molecule has 0 spiro atoms. The van der Waals surface area contributed by atoms with E-state index in [0.717, 1.165) is 38.4 Å². The van der Waals surface area contributed by atoms with Crippen molar-refractivity contribution in [2.75, 3.05) is 26.1 Å². The molecular weight excluding hydrogens is 446 g/mol. The lowest BCUT2D eigenvalue weighted by atomic mass is 9.98. The van der Waals surface area contributed by atoms with Gasteiger partial charge >= 0.3 is 11.9 Å². The Hall–Kier alpha value is -1.66. The topological polar surface area (TPSA) is 120 Å². The third kappa shape index (κ3) is 10.9. The van der Waals surface area contributed by atoms with Gasteiger partial charge in [-0.3, -0.25) is 13.8 Å². The summed E-state index contributed by atoms with van der Waals surface area (Å²) < 4.78 is 36.5. The highest BCUT2D eigenvalue weighted by Gasteiger charge is 2.37. The number of rotatable bonds is 10. The fourth-order valence-corrected chi connectivity index (χ4v) is 5.42. The van der Waals surface area contributed by atoms with Crippen LogP contribution in [0.1, 0.15) is 72.6 Å². The van der Waals surface area contributed by atoms with Crippen molar-refractivity contribution in [2.45, 2.75) is 72.6 Å². The minimum atomic E-state index is -3.36. The number of hydrogen-bond donors (Lipinski definition) is 0. The Balaban J connectivity index is 0.000000335. The van der Waals surface area contributed by atoms with Crippen LogP contribution < -0.4 is 0 Å². The highest BCUT2D eigenvalue weighted by molar-refractivity contribution is 7.85. The van der Waals surface area contributed by atoms with Crippen molar-refractivity contribution in [1.82, 2.24) is 0 Å². The highest BCUT2D eigenvalue weighted by Crippen LogP contribution is 2.39. The smallest absolute Gasteiger partial charge is 0.309 e. The second-order valence-electron chi connectivity index (χ2n) is 9.36. The largest absolute Gasteiger partial charge is 0.466 e. The maximum absolute atomic E-state index is 11.7. The van der Waals surface area contributed by atoms with Crippen LogP contribution in [0.25, 0.3) is 0 Å². The van der Waals surface area contributed by atoms with Gasteiger partial charge in [0, 0.05) is 6.42 Å². The zero-order valence-corrected chi connectivity index (χ0v) is 21.6. The summed E-state index contributed by atoms with van der Waals surface area (Å²) >= 11 is 0. The van der Waals surface area contributed by atoms with Crippen LogP contribution in [0.2, 0.25) is 0 Å². The van der Waals surface area contributed by atoms with Gasteiger partial charge in [0.15, 0.2) is 0 Å². The normalized spacial score (nSPS) is 29.0. The van der Waals surface area contributed by atoms with Crippen LogP contribution in [0, 0.1) is 46.8 Å². The van der Waals surface area contributed by atoms with Gasteiger partial charge in [-0.15, -0.1) is 0 Å². The van der Waals surface area contributed by atoms with Gasteiger partial charge in [0.1, 0.15) is 0 Å². The number of esters is 2. The van der Waals surface area contributed by atoms with Gasteiger partial charge < -0.3 is 9.47 Å². The zero-order valence-electron chi connectivity index (χ0n) is 20.7. The quantitative estimate of drug-likeness (QED) is 0.334. The first-order valence-electron chi connectivity index (χ1n) is 12.1. The summed E-state index contributed by atoms with van der Waals surface area (Å²) in [7, 11) is -3.36. The van der Waals surface area contributed by atoms with Crippen molar-refractivity contribution in [1.29, 1.82) is 5.26 Å². The number of carbonyl (C=O) groups is 2. The molecule has 2 aliphatic rings. The molecule has 2 saturated carbocycles. The predicted molar refractivity (Wildman–Crippen MR) is 124 cm³/mol. The molecule has 0 aromatic carbocycles. The maximum atomic E-state index is 11.7. The molecule has 0 N–H and O–H groups in total. The van der Waals surface area contributed by atoms with Crippen LogP contribution in [0.5, 0.6) is 0 Å². The summed E-state index contributed by atoms with van der Waals surface area (Å²) in [6.45, 7) is 8.85. The molecule has 6 atom stereocenters. The van der Waals surface area contributed by atoms with Crippen LogP contribution in [0.3, 0.4) is 0 Å². The van der Waals surface area contributed by atoms with E-state index in [-0.39, 0.29) is 30.4 Å². The molecule has 0 saturated heterocycles. The Morgan fingerprint density at radius 1 is 0.879 bits per heavy atom. The molecule has 190 valence electrons. The molecule has 0 aromatic heterocycles. The van der Waals surface area contributed by atoms with Crippen LogP contribution in [-0.4, -0.2) is 46.4 Å². The van der Waals surface area contributed by atoms with Gasteiger partial charge in [-0.1, -0.05) is 13.8 Å². The lowest BCUT2D eigenvalue weighted by Gasteiger charge is -2.12. The molecule has 2 fully saturated rings. The Morgan fingerprint density at radius 3 is 1.73 bits per heavy atom. The number of nitrogens with zero attached hydrogens (tertiary/aromatic N) is 1. The maximum Gasteiger partial charge on any atom is 0.309 e.